The highest BCUT2D eigenvalue weighted by molar-refractivity contribution is 5.37. The highest BCUT2D eigenvalue weighted by Crippen LogP contribution is 2.53. The number of nitrogens with two attached hydrogens (primary N) is 2. The van der Waals surface area contributed by atoms with Crippen LogP contribution < -0.4 is 11.5 Å². The molecule has 1 aromatic carbocycles. The van der Waals surface area contributed by atoms with Crippen molar-refractivity contribution in [2.75, 3.05) is 6.54 Å². The third-order valence-corrected chi connectivity index (χ3v) is 4.44. The second-order valence-electron chi connectivity index (χ2n) is 5.43. The van der Waals surface area contributed by atoms with Crippen LogP contribution in [0.25, 0.3) is 0 Å². The predicted octanol–water partition coefficient (Wildman–Crippen LogP) is 1.91. The zero-order chi connectivity index (χ0) is 11.2. The van der Waals surface area contributed by atoms with Crippen molar-refractivity contribution in [2.45, 2.75) is 38.1 Å². The van der Waals surface area contributed by atoms with Gasteiger partial charge in [-0.25, -0.2) is 0 Å². The van der Waals surface area contributed by atoms with Crippen LogP contribution in [0.3, 0.4) is 0 Å². The zero-order valence-corrected chi connectivity index (χ0v) is 9.71. The summed E-state index contributed by atoms with van der Waals surface area (Å²) in [6, 6.07) is 6.95. The monoisotopic (exact) mass is 216 g/mol. The minimum Gasteiger partial charge on any atom is -0.330 e. The number of hydrogen-bond donors (Lipinski definition) is 2. The van der Waals surface area contributed by atoms with Crippen molar-refractivity contribution in [1.82, 2.24) is 0 Å². The summed E-state index contributed by atoms with van der Waals surface area (Å²) in [5.41, 5.74) is 16.7. The molecule has 1 aromatic rings. The maximum absolute atomic E-state index is 6.36. The lowest BCUT2D eigenvalue weighted by molar-refractivity contribution is 0.419. The predicted molar refractivity (Wildman–Crippen MR) is 66.1 cm³/mol. The second kappa shape index (κ2) is 3.57. The molecule has 2 aliphatic rings. The third-order valence-electron chi connectivity index (χ3n) is 4.44. The summed E-state index contributed by atoms with van der Waals surface area (Å²) in [4.78, 5) is 0. The van der Waals surface area contributed by atoms with Gasteiger partial charge in [-0.1, -0.05) is 18.2 Å². The Bertz CT molecular complexity index is 407. The highest BCUT2D eigenvalue weighted by atomic mass is 14.8. The van der Waals surface area contributed by atoms with Gasteiger partial charge in [0.1, 0.15) is 0 Å². The molecule has 1 atom stereocenters. The lowest BCUT2D eigenvalue weighted by Gasteiger charge is -2.22. The van der Waals surface area contributed by atoms with E-state index in [-0.39, 0.29) is 11.5 Å². The number of benzene rings is 1. The van der Waals surface area contributed by atoms with Crippen molar-refractivity contribution in [3.05, 3.63) is 34.9 Å². The quantitative estimate of drug-likeness (QED) is 0.811. The zero-order valence-electron chi connectivity index (χ0n) is 9.71. The van der Waals surface area contributed by atoms with Crippen LogP contribution in [-0.4, -0.2) is 6.54 Å². The van der Waals surface area contributed by atoms with Crippen molar-refractivity contribution < 1.29 is 0 Å². The van der Waals surface area contributed by atoms with E-state index < -0.39 is 0 Å². The minimum absolute atomic E-state index is 0.142. The van der Waals surface area contributed by atoms with E-state index in [2.05, 4.69) is 18.2 Å². The van der Waals surface area contributed by atoms with Gasteiger partial charge in [0.2, 0.25) is 0 Å². The molecule has 4 N–H and O–H groups in total. The molecule has 0 aliphatic heterocycles. The molecule has 0 aromatic heterocycles. The fraction of sp³-hybridized carbons (Fsp3) is 0.571. The first-order valence-electron chi connectivity index (χ1n) is 6.32. The fourth-order valence-electron chi connectivity index (χ4n) is 2.94. The Morgan fingerprint density at radius 1 is 1.19 bits per heavy atom. The Labute approximate surface area is 97.0 Å². The largest absolute Gasteiger partial charge is 0.330 e. The normalized spacial score (nSPS) is 22.9. The molecule has 2 heteroatoms. The van der Waals surface area contributed by atoms with E-state index in [9.17, 15) is 0 Å². The molecule has 0 saturated heterocycles. The van der Waals surface area contributed by atoms with Crippen molar-refractivity contribution in [3.8, 4) is 0 Å². The van der Waals surface area contributed by atoms with Gasteiger partial charge in [-0.05, 0) is 55.3 Å². The Morgan fingerprint density at radius 2 is 1.94 bits per heavy atom. The van der Waals surface area contributed by atoms with Crippen molar-refractivity contribution in [2.24, 2.45) is 16.9 Å². The minimum atomic E-state index is 0.142. The van der Waals surface area contributed by atoms with E-state index in [0.717, 1.165) is 6.54 Å². The maximum atomic E-state index is 6.36. The molecule has 1 saturated carbocycles. The Hall–Kier alpha value is -0.860. The standard InChI is InChI=1S/C14H20N2/c15-9-14(6-7-14)13(16)12-5-4-10-2-1-3-11(10)8-12/h4-5,8,13H,1-3,6-7,9,15-16H2. The van der Waals surface area contributed by atoms with E-state index in [1.807, 2.05) is 0 Å². The summed E-state index contributed by atoms with van der Waals surface area (Å²) in [5.74, 6) is 0. The van der Waals surface area contributed by atoms with Crippen LogP contribution >= 0.6 is 0 Å². The summed E-state index contributed by atoms with van der Waals surface area (Å²) < 4.78 is 0. The average Bonchev–Trinajstić information content (AvgIpc) is 2.98. The van der Waals surface area contributed by atoms with Gasteiger partial charge in [0.05, 0.1) is 0 Å². The third kappa shape index (κ3) is 1.48. The van der Waals surface area contributed by atoms with Gasteiger partial charge < -0.3 is 11.5 Å². The summed E-state index contributed by atoms with van der Waals surface area (Å²) in [7, 11) is 0. The second-order valence-corrected chi connectivity index (χ2v) is 5.43. The van der Waals surface area contributed by atoms with Gasteiger partial charge in [-0.3, -0.25) is 0 Å². The number of rotatable bonds is 3. The van der Waals surface area contributed by atoms with Crippen LogP contribution in [0.1, 0.15) is 42.0 Å². The molecule has 16 heavy (non-hydrogen) atoms. The first-order chi connectivity index (χ1) is 7.75. The summed E-state index contributed by atoms with van der Waals surface area (Å²) in [6.07, 6.45) is 6.16. The molecule has 0 amide bonds. The highest BCUT2D eigenvalue weighted by Gasteiger charge is 2.47. The molecule has 86 valence electrons. The molecule has 0 bridgehead atoms. The van der Waals surface area contributed by atoms with Crippen LogP contribution in [0.5, 0.6) is 0 Å². The SMILES string of the molecule is NCC1(C(N)c2ccc3c(c2)CCC3)CC1. The van der Waals surface area contributed by atoms with E-state index in [1.54, 1.807) is 0 Å². The molecule has 0 heterocycles. The smallest absolute Gasteiger partial charge is 0.0364 e. The van der Waals surface area contributed by atoms with E-state index in [0.29, 0.717) is 0 Å². The number of fused-ring (bicyclic) bond motifs is 1. The van der Waals surface area contributed by atoms with Gasteiger partial charge in [-0.2, -0.15) is 0 Å². The molecule has 2 aliphatic carbocycles. The van der Waals surface area contributed by atoms with Gasteiger partial charge in [0.25, 0.3) is 0 Å². The average molecular weight is 216 g/mol. The topological polar surface area (TPSA) is 52.0 Å². The van der Waals surface area contributed by atoms with Crippen LogP contribution in [-0.2, 0) is 12.8 Å². The molecular formula is C14H20N2. The Balaban J connectivity index is 1.89. The lowest BCUT2D eigenvalue weighted by Crippen LogP contribution is -2.29. The summed E-state index contributed by atoms with van der Waals surface area (Å²) in [5, 5.41) is 0. The van der Waals surface area contributed by atoms with Gasteiger partial charge in [0, 0.05) is 11.5 Å². The first kappa shape index (κ1) is 10.3. The van der Waals surface area contributed by atoms with E-state index >= 15 is 0 Å². The van der Waals surface area contributed by atoms with E-state index in [1.165, 1.54) is 48.8 Å². The molecule has 0 spiro atoms. The van der Waals surface area contributed by atoms with Gasteiger partial charge >= 0.3 is 0 Å². The Morgan fingerprint density at radius 3 is 2.62 bits per heavy atom. The number of aryl methyl sites for hydroxylation is 2. The van der Waals surface area contributed by atoms with Crippen LogP contribution in [0.4, 0.5) is 0 Å². The van der Waals surface area contributed by atoms with Crippen LogP contribution in [0, 0.1) is 5.41 Å². The van der Waals surface area contributed by atoms with Crippen LogP contribution in [0.15, 0.2) is 18.2 Å². The van der Waals surface area contributed by atoms with Crippen LogP contribution in [0.2, 0.25) is 0 Å². The van der Waals surface area contributed by atoms with Gasteiger partial charge in [0.15, 0.2) is 0 Å². The fourth-order valence-corrected chi connectivity index (χ4v) is 2.94. The van der Waals surface area contributed by atoms with E-state index in [4.69, 9.17) is 11.5 Å². The molecule has 0 radical (unpaired) electrons. The summed E-state index contributed by atoms with van der Waals surface area (Å²) >= 11 is 0. The summed E-state index contributed by atoms with van der Waals surface area (Å²) in [6.45, 7) is 0.727. The molecule has 1 unspecified atom stereocenters. The molecular weight excluding hydrogens is 196 g/mol. The Kier molecular flexibility index (Phi) is 2.30. The van der Waals surface area contributed by atoms with Crippen molar-refractivity contribution in [3.63, 3.8) is 0 Å². The molecule has 2 nitrogen and oxygen atoms in total. The van der Waals surface area contributed by atoms with Crippen molar-refractivity contribution >= 4 is 0 Å². The number of hydrogen-bond acceptors (Lipinski definition) is 2. The van der Waals surface area contributed by atoms with Gasteiger partial charge in [-0.15, -0.1) is 0 Å². The molecule has 1 fully saturated rings. The lowest BCUT2D eigenvalue weighted by atomic mass is 9.89. The maximum Gasteiger partial charge on any atom is 0.0364 e. The molecule has 3 rings (SSSR count). The first-order valence-corrected chi connectivity index (χ1v) is 6.32. The van der Waals surface area contributed by atoms with Crippen molar-refractivity contribution in [1.29, 1.82) is 0 Å².